The Bertz CT molecular complexity index is 847. The van der Waals surface area contributed by atoms with Gasteiger partial charge in [0.1, 0.15) is 12.4 Å². The van der Waals surface area contributed by atoms with Crippen molar-refractivity contribution in [2.45, 2.75) is 12.8 Å². The minimum Gasteiger partial charge on any atom is -0.489 e. The lowest BCUT2D eigenvalue weighted by molar-refractivity contribution is -0.137. The molecule has 0 aliphatic rings. The third-order valence-electron chi connectivity index (χ3n) is 3.42. The van der Waals surface area contributed by atoms with E-state index in [0.29, 0.717) is 27.6 Å². The lowest BCUT2D eigenvalue weighted by atomic mass is 10.1. The van der Waals surface area contributed by atoms with Crippen molar-refractivity contribution >= 4 is 23.3 Å². The van der Waals surface area contributed by atoms with Crippen LogP contribution in [-0.4, -0.2) is 18.2 Å². The number of alkyl halides is 3. The molecule has 0 spiro atoms. The standard InChI is InChI=1S/C17H17ClF3N5O/c18-14-7-12(5-6-13(14)15(8-22)25-26-16(23)24)27-9-10-1-3-11(4-2-10)17(19,20)21/h1-7H,8-9,22H2,(H4,23,24,26)/b25-15+. The van der Waals surface area contributed by atoms with Gasteiger partial charge in [-0.15, -0.1) is 10.2 Å². The monoisotopic (exact) mass is 399 g/mol. The maximum Gasteiger partial charge on any atom is 0.416 e. The molecule has 2 rings (SSSR count). The number of halogens is 4. The quantitative estimate of drug-likeness (QED) is 0.394. The van der Waals surface area contributed by atoms with Gasteiger partial charge in [0.25, 0.3) is 0 Å². The van der Waals surface area contributed by atoms with E-state index in [4.69, 9.17) is 33.5 Å². The molecule has 0 atom stereocenters. The maximum absolute atomic E-state index is 12.6. The summed E-state index contributed by atoms with van der Waals surface area (Å²) in [4.78, 5) is 0. The molecule has 0 bridgehead atoms. The molecule has 0 saturated carbocycles. The van der Waals surface area contributed by atoms with Crippen LogP contribution in [0.25, 0.3) is 0 Å². The molecule has 27 heavy (non-hydrogen) atoms. The fourth-order valence-corrected chi connectivity index (χ4v) is 2.38. The molecule has 0 unspecified atom stereocenters. The lowest BCUT2D eigenvalue weighted by Gasteiger charge is -2.11. The summed E-state index contributed by atoms with van der Waals surface area (Å²) in [7, 11) is 0. The number of ether oxygens (including phenoxy) is 1. The fraction of sp³-hybridized carbons (Fsp3) is 0.176. The highest BCUT2D eigenvalue weighted by molar-refractivity contribution is 6.34. The summed E-state index contributed by atoms with van der Waals surface area (Å²) in [6, 6.07) is 9.53. The second-order valence-electron chi connectivity index (χ2n) is 5.40. The van der Waals surface area contributed by atoms with Crippen molar-refractivity contribution in [1.29, 1.82) is 0 Å². The average Bonchev–Trinajstić information content (AvgIpc) is 2.61. The normalized spacial score (nSPS) is 12.0. The van der Waals surface area contributed by atoms with Crippen molar-refractivity contribution < 1.29 is 17.9 Å². The summed E-state index contributed by atoms with van der Waals surface area (Å²) in [5.74, 6) is 0.218. The second kappa shape index (κ2) is 8.74. The Morgan fingerprint density at radius 3 is 2.22 bits per heavy atom. The van der Waals surface area contributed by atoms with Crippen LogP contribution in [0.2, 0.25) is 5.02 Å². The van der Waals surface area contributed by atoms with E-state index in [1.165, 1.54) is 12.1 Å². The number of rotatable bonds is 6. The van der Waals surface area contributed by atoms with Gasteiger partial charge < -0.3 is 21.9 Å². The smallest absolute Gasteiger partial charge is 0.416 e. The maximum atomic E-state index is 12.6. The minimum atomic E-state index is -4.37. The Kier molecular flexibility index (Phi) is 6.65. The minimum absolute atomic E-state index is 0.0578. The SMILES string of the molecule is NC/C(=N\N=C(N)N)c1ccc(OCc2ccc(C(F)(F)F)cc2)cc1Cl. The highest BCUT2D eigenvalue weighted by atomic mass is 35.5. The number of nitrogens with two attached hydrogens (primary N) is 3. The van der Waals surface area contributed by atoms with Gasteiger partial charge in [0.15, 0.2) is 0 Å². The van der Waals surface area contributed by atoms with Crippen molar-refractivity contribution in [3.63, 3.8) is 0 Å². The topological polar surface area (TPSA) is 112 Å². The van der Waals surface area contributed by atoms with Crippen molar-refractivity contribution in [3.05, 3.63) is 64.2 Å². The Balaban J connectivity index is 2.09. The van der Waals surface area contributed by atoms with Crippen LogP contribution < -0.4 is 21.9 Å². The summed E-state index contributed by atoms with van der Waals surface area (Å²) in [5.41, 5.74) is 16.9. The van der Waals surface area contributed by atoms with E-state index in [-0.39, 0.29) is 19.1 Å². The van der Waals surface area contributed by atoms with Crippen LogP contribution in [0, 0.1) is 0 Å². The van der Waals surface area contributed by atoms with Crippen molar-refractivity contribution in [1.82, 2.24) is 0 Å². The predicted octanol–water partition coefficient (Wildman–Crippen LogP) is 2.87. The summed E-state index contributed by atoms with van der Waals surface area (Å²) in [6.07, 6.45) is -4.37. The number of benzene rings is 2. The highest BCUT2D eigenvalue weighted by Gasteiger charge is 2.29. The molecule has 0 aliphatic carbocycles. The second-order valence-corrected chi connectivity index (χ2v) is 5.81. The molecule has 0 amide bonds. The van der Waals surface area contributed by atoms with E-state index in [1.807, 2.05) is 0 Å². The van der Waals surface area contributed by atoms with Crippen LogP contribution >= 0.6 is 11.6 Å². The molecule has 144 valence electrons. The predicted molar refractivity (Wildman–Crippen MR) is 98.6 cm³/mol. The lowest BCUT2D eigenvalue weighted by Crippen LogP contribution is -2.23. The van der Waals surface area contributed by atoms with Crippen LogP contribution in [0.15, 0.2) is 52.7 Å². The molecule has 6 nitrogen and oxygen atoms in total. The summed E-state index contributed by atoms with van der Waals surface area (Å²) >= 11 is 6.22. The van der Waals surface area contributed by atoms with E-state index >= 15 is 0 Å². The van der Waals surface area contributed by atoms with E-state index in [2.05, 4.69) is 10.2 Å². The molecule has 10 heteroatoms. The average molecular weight is 400 g/mol. The van der Waals surface area contributed by atoms with Gasteiger partial charge in [-0.25, -0.2) is 0 Å². The fourth-order valence-electron chi connectivity index (χ4n) is 2.10. The van der Waals surface area contributed by atoms with Gasteiger partial charge in [-0.2, -0.15) is 13.2 Å². The van der Waals surface area contributed by atoms with E-state index in [9.17, 15) is 13.2 Å². The van der Waals surface area contributed by atoms with E-state index < -0.39 is 11.7 Å². The zero-order valence-electron chi connectivity index (χ0n) is 14.0. The molecule has 0 aliphatic heterocycles. The van der Waals surface area contributed by atoms with Crippen molar-refractivity contribution in [3.8, 4) is 5.75 Å². The van der Waals surface area contributed by atoms with Crippen LogP contribution in [0.1, 0.15) is 16.7 Å². The summed E-state index contributed by atoms with van der Waals surface area (Å²) < 4.78 is 43.2. The molecule has 0 heterocycles. The largest absolute Gasteiger partial charge is 0.489 e. The molecule has 0 aromatic heterocycles. The number of nitrogens with zero attached hydrogens (tertiary/aromatic N) is 2. The van der Waals surface area contributed by atoms with Gasteiger partial charge in [0.05, 0.1) is 16.3 Å². The number of hydrogen-bond donors (Lipinski definition) is 3. The van der Waals surface area contributed by atoms with Crippen LogP contribution in [0.3, 0.4) is 0 Å². The van der Waals surface area contributed by atoms with Crippen molar-refractivity contribution in [2.24, 2.45) is 27.4 Å². The molecule has 0 radical (unpaired) electrons. The molecule has 0 fully saturated rings. The molecule has 2 aromatic carbocycles. The Morgan fingerprint density at radius 2 is 1.70 bits per heavy atom. The van der Waals surface area contributed by atoms with E-state index in [1.54, 1.807) is 18.2 Å². The Hall–Kier alpha value is -2.78. The first-order valence-electron chi connectivity index (χ1n) is 7.65. The third-order valence-corrected chi connectivity index (χ3v) is 3.73. The van der Waals surface area contributed by atoms with Crippen molar-refractivity contribution in [2.75, 3.05) is 6.54 Å². The molecule has 2 aromatic rings. The number of hydrogen-bond acceptors (Lipinski definition) is 4. The van der Waals surface area contributed by atoms with E-state index in [0.717, 1.165) is 12.1 Å². The highest BCUT2D eigenvalue weighted by Crippen LogP contribution is 2.29. The van der Waals surface area contributed by atoms with Gasteiger partial charge >= 0.3 is 6.18 Å². The van der Waals surface area contributed by atoms with Gasteiger partial charge in [-0.1, -0.05) is 23.7 Å². The van der Waals surface area contributed by atoms with Crippen LogP contribution in [0.5, 0.6) is 5.75 Å². The first-order valence-corrected chi connectivity index (χ1v) is 8.03. The summed E-state index contributed by atoms with van der Waals surface area (Å²) in [6.45, 7) is 0.141. The van der Waals surface area contributed by atoms with Gasteiger partial charge in [0, 0.05) is 12.1 Å². The zero-order chi connectivity index (χ0) is 20.0. The Labute approximate surface area is 158 Å². The molecule has 0 saturated heterocycles. The summed E-state index contributed by atoms with van der Waals surface area (Å²) in [5, 5.41) is 7.70. The van der Waals surface area contributed by atoms with Gasteiger partial charge in [-0.3, -0.25) is 0 Å². The third kappa shape index (κ3) is 5.87. The van der Waals surface area contributed by atoms with Crippen LogP contribution in [0.4, 0.5) is 13.2 Å². The first kappa shape index (κ1) is 20.5. The van der Waals surface area contributed by atoms with Gasteiger partial charge in [-0.05, 0) is 35.9 Å². The number of guanidine groups is 1. The first-order chi connectivity index (χ1) is 12.7. The molecular weight excluding hydrogens is 383 g/mol. The zero-order valence-corrected chi connectivity index (χ0v) is 14.8. The molecule has 6 N–H and O–H groups in total. The van der Waals surface area contributed by atoms with Crippen LogP contribution in [-0.2, 0) is 12.8 Å². The van der Waals surface area contributed by atoms with Gasteiger partial charge in [0.2, 0.25) is 5.96 Å². The molecular formula is C17H17ClF3N5O. The Morgan fingerprint density at radius 1 is 1.04 bits per heavy atom.